The van der Waals surface area contributed by atoms with Crippen LogP contribution in [0.5, 0.6) is 5.75 Å². The van der Waals surface area contributed by atoms with E-state index in [0.717, 1.165) is 5.56 Å². The maximum Gasteiger partial charge on any atom is 0.226 e. The van der Waals surface area contributed by atoms with Crippen LogP contribution in [0.15, 0.2) is 12.1 Å². The second-order valence-corrected chi connectivity index (χ2v) is 6.86. The third-order valence-corrected chi connectivity index (χ3v) is 3.28. The van der Waals surface area contributed by atoms with Crippen molar-refractivity contribution in [2.24, 2.45) is 5.41 Å². The minimum Gasteiger partial charge on any atom is -0.495 e. The van der Waals surface area contributed by atoms with Crippen LogP contribution in [0.1, 0.15) is 32.8 Å². The number of hydrogen-bond acceptors (Lipinski definition) is 3. The Morgan fingerprint density at radius 3 is 2.52 bits per heavy atom. The molecule has 0 saturated heterocycles. The van der Waals surface area contributed by atoms with Crippen LogP contribution < -0.4 is 15.4 Å². The predicted molar refractivity (Wildman–Crippen MR) is 91.2 cm³/mol. The largest absolute Gasteiger partial charge is 0.495 e. The summed E-state index contributed by atoms with van der Waals surface area (Å²) in [6, 6.07) is 3.53. The highest BCUT2D eigenvalue weighted by molar-refractivity contribution is 7.80. The molecule has 0 radical (unpaired) electrons. The summed E-state index contributed by atoms with van der Waals surface area (Å²) >= 11 is 11.2. The van der Waals surface area contributed by atoms with E-state index in [1.165, 1.54) is 0 Å². The molecule has 1 aromatic carbocycles. The van der Waals surface area contributed by atoms with E-state index in [9.17, 15) is 4.79 Å². The molecule has 0 unspecified atom stereocenters. The van der Waals surface area contributed by atoms with Gasteiger partial charge in [0.1, 0.15) is 5.75 Å². The molecule has 0 aliphatic carbocycles. The highest BCUT2D eigenvalue weighted by Crippen LogP contribution is 2.30. The van der Waals surface area contributed by atoms with E-state index in [0.29, 0.717) is 22.9 Å². The number of amides is 1. The normalized spacial score (nSPS) is 11.0. The van der Waals surface area contributed by atoms with Gasteiger partial charge in [-0.05, 0) is 36.2 Å². The molecule has 1 amide bonds. The first-order chi connectivity index (χ1) is 9.62. The Bertz CT molecular complexity index is 553. The molecular weight excluding hydrogens is 308 g/mol. The van der Waals surface area contributed by atoms with Gasteiger partial charge >= 0.3 is 0 Å². The smallest absolute Gasteiger partial charge is 0.226 e. The van der Waals surface area contributed by atoms with Gasteiger partial charge in [0, 0.05) is 17.5 Å². The molecule has 21 heavy (non-hydrogen) atoms. The summed E-state index contributed by atoms with van der Waals surface area (Å²) in [5, 5.41) is 6.48. The van der Waals surface area contributed by atoms with E-state index in [4.69, 9.17) is 28.6 Å². The van der Waals surface area contributed by atoms with Crippen LogP contribution in [0.25, 0.3) is 0 Å². The zero-order chi connectivity index (χ0) is 16.2. The van der Waals surface area contributed by atoms with E-state index < -0.39 is 0 Å². The molecule has 116 valence electrons. The molecule has 1 rings (SSSR count). The molecule has 0 aliphatic heterocycles. The second kappa shape index (κ2) is 7.09. The number of rotatable bonds is 3. The standard InChI is InChI=1S/C15H21ClN2O2S/c1-9-6-11(12(20-5)7-10(9)16)17-14(21)18-13(19)8-15(2,3)4/h6-7H,8H2,1-5H3,(H2,17,18,19,21). The second-order valence-electron chi connectivity index (χ2n) is 6.04. The van der Waals surface area contributed by atoms with E-state index in [-0.39, 0.29) is 16.4 Å². The Morgan fingerprint density at radius 2 is 2.00 bits per heavy atom. The zero-order valence-corrected chi connectivity index (χ0v) is 14.5. The number of methoxy groups -OCH3 is 1. The molecule has 0 aromatic heterocycles. The fraction of sp³-hybridized carbons (Fsp3) is 0.467. The molecule has 0 spiro atoms. The van der Waals surface area contributed by atoms with Crippen molar-refractivity contribution >= 4 is 40.5 Å². The number of hydrogen-bond donors (Lipinski definition) is 2. The lowest BCUT2D eigenvalue weighted by molar-refractivity contribution is -0.121. The summed E-state index contributed by atoms with van der Waals surface area (Å²) in [6.07, 6.45) is 0.394. The van der Waals surface area contributed by atoms with Gasteiger partial charge in [0.25, 0.3) is 0 Å². The SMILES string of the molecule is COc1cc(Cl)c(C)cc1NC(=S)NC(=O)CC(C)(C)C. The van der Waals surface area contributed by atoms with Gasteiger partial charge in [0.15, 0.2) is 5.11 Å². The van der Waals surface area contributed by atoms with E-state index in [1.54, 1.807) is 13.2 Å². The fourth-order valence-corrected chi connectivity index (χ4v) is 2.11. The van der Waals surface area contributed by atoms with E-state index >= 15 is 0 Å². The summed E-state index contributed by atoms with van der Waals surface area (Å²) in [5.41, 5.74) is 1.47. The van der Waals surface area contributed by atoms with Gasteiger partial charge in [-0.25, -0.2) is 0 Å². The van der Waals surface area contributed by atoms with Crippen LogP contribution in [0, 0.1) is 12.3 Å². The van der Waals surface area contributed by atoms with Crippen molar-refractivity contribution in [3.63, 3.8) is 0 Å². The molecular formula is C15H21ClN2O2S. The van der Waals surface area contributed by atoms with Crippen molar-refractivity contribution in [2.75, 3.05) is 12.4 Å². The van der Waals surface area contributed by atoms with Gasteiger partial charge in [0.2, 0.25) is 5.91 Å². The molecule has 4 nitrogen and oxygen atoms in total. The molecule has 0 saturated carbocycles. The molecule has 0 fully saturated rings. The predicted octanol–water partition coefficient (Wildman–Crippen LogP) is 3.91. The van der Waals surface area contributed by atoms with Crippen molar-refractivity contribution in [3.8, 4) is 5.75 Å². The minimum atomic E-state index is -0.121. The minimum absolute atomic E-state index is 0.0890. The highest BCUT2D eigenvalue weighted by atomic mass is 35.5. The molecule has 0 aliphatic rings. The maximum atomic E-state index is 11.8. The van der Waals surface area contributed by atoms with E-state index in [1.807, 2.05) is 33.8 Å². The van der Waals surface area contributed by atoms with Crippen molar-refractivity contribution in [1.29, 1.82) is 0 Å². The number of benzene rings is 1. The monoisotopic (exact) mass is 328 g/mol. The van der Waals surface area contributed by atoms with Crippen LogP contribution in [-0.2, 0) is 4.79 Å². The number of halogens is 1. The highest BCUT2D eigenvalue weighted by Gasteiger charge is 2.17. The van der Waals surface area contributed by atoms with Gasteiger partial charge in [-0.2, -0.15) is 0 Å². The zero-order valence-electron chi connectivity index (χ0n) is 13.0. The van der Waals surface area contributed by atoms with Crippen molar-refractivity contribution in [1.82, 2.24) is 5.32 Å². The maximum absolute atomic E-state index is 11.8. The van der Waals surface area contributed by atoms with Crippen LogP contribution in [-0.4, -0.2) is 18.1 Å². The number of ether oxygens (including phenoxy) is 1. The van der Waals surface area contributed by atoms with Crippen molar-refractivity contribution in [2.45, 2.75) is 34.1 Å². The summed E-state index contributed by atoms with van der Waals surface area (Å²) in [4.78, 5) is 11.8. The van der Waals surface area contributed by atoms with Gasteiger partial charge in [-0.3, -0.25) is 4.79 Å². The first-order valence-corrected chi connectivity index (χ1v) is 7.36. The van der Waals surface area contributed by atoms with Crippen molar-refractivity contribution in [3.05, 3.63) is 22.7 Å². The fourth-order valence-electron chi connectivity index (χ4n) is 1.74. The van der Waals surface area contributed by atoms with Crippen molar-refractivity contribution < 1.29 is 9.53 Å². The Hall–Kier alpha value is -1.33. The average molecular weight is 329 g/mol. The average Bonchev–Trinajstić information content (AvgIpc) is 2.30. The molecule has 1 aromatic rings. The van der Waals surface area contributed by atoms with Gasteiger partial charge < -0.3 is 15.4 Å². The first-order valence-electron chi connectivity index (χ1n) is 6.57. The number of anilines is 1. The topological polar surface area (TPSA) is 50.4 Å². The summed E-state index contributed by atoms with van der Waals surface area (Å²) < 4.78 is 5.25. The lowest BCUT2D eigenvalue weighted by Gasteiger charge is -2.18. The van der Waals surface area contributed by atoms with Gasteiger partial charge in [-0.1, -0.05) is 32.4 Å². The molecule has 2 N–H and O–H groups in total. The number of carbonyl (C=O) groups excluding carboxylic acids is 1. The van der Waals surface area contributed by atoms with Crippen LogP contribution in [0.2, 0.25) is 5.02 Å². The molecule has 6 heteroatoms. The molecule has 0 heterocycles. The van der Waals surface area contributed by atoms with Crippen LogP contribution >= 0.6 is 23.8 Å². The third-order valence-electron chi connectivity index (χ3n) is 2.67. The number of carbonyl (C=O) groups is 1. The quantitative estimate of drug-likeness (QED) is 0.826. The Morgan fingerprint density at radius 1 is 1.38 bits per heavy atom. The summed E-state index contributed by atoms with van der Waals surface area (Å²) in [6.45, 7) is 7.87. The van der Waals surface area contributed by atoms with Crippen LogP contribution in [0.4, 0.5) is 5.69 Å². The number of nitrogens with one attached hydrogen (secondary N) is 2. The third kappa shape index (κ3) is 5.89. The lowest BCUT2D eigenvalue weighted by atomic mass is 9.92. The Labute approximate surface area is 136 Å². The molecule has 0 bridgehead atoms. The summed E-state index contributed by atoms with van der Waals surface area (Å²) in [5.74, 6) is 0.447. The Kier molecular flexibility index (Phi) is 5.98. The Balaban J connectivity index is 2.75. The number of aryl methyl sites for hydroxylation is 1. The lowest BCUT2D eigenvalue weighted by Crippen LogP contribution is -2.36. The summed E-state index contributed by atoms with van der Waals surface area (Å²) in [7, 11) is 1.55. The number of thiocarbonyl (C=S) groups is 1. The van der Waals surface area contributed by atoms with Gasteiger partial charge in [0.05, 0.1) is 12.8 Å². The molecule has 0 atom stereocenters. The van der Waals surface area contributed by atoms with Crippen LogP contribution in [0.3, 0.4) is 0 Å². The van der Waals surface area contributed by atoms with E-state index in [2.05, 4.69) is 10.6 Å². The van der Waals surface area contributed by atoms with Gasteiger partial charge in [-0.15, -0.1) is 0 Å². The first kappa shape index (κ1) is 17.7.